The van der Waals surface area contributed by atoms with Gasteiger partial charge < -0.3 is 9.26 Å². The zero-order valence-electron chi connectivity index (χ0n) is 18.9. The molecule has 0 saturated carbocycles. The van der Waals surface area contributed by atoms with Gasteiger partial charge in [0, 0.05) is 58.9 Å². The van der Waals surface area contributed by atoms with Crippen molar-refractivity contribution in [1.82, 2.24) is 20.3 Å². The number of amides is 3. The summed E-state index contributed by atoms with van der Waals surface area (Å²) < 4.78 is 38.7. The van der Waals surface area contributed by atoms with Gasteiger partial charge in [0.05, 0.1) is 11.4 Å². The molecule has 0 spiro atoms. The van der Waals surface area contributed by atoms with Crippen LogP contribution in [0.3, 0.4) is 0 Å². The first kappa shape index (κ1) is 23.1. The highest BCUT2D eigenvalue weighted by Gasteiger charge is 2.35. The van der Waals surface area contributed by atoms with Crippen LogP contribution in [-0.4, -0.2) is 85.3 Å². The van der Waals surface area contributed by atoms with E-state index in [-0.39, 0.29) is 18.9 Å². The second kappa shape index (κ2) is 9.93. The predicted octanol–water partition coefficient (Wildman–Crippen LogP) is 2.45. The van der Waals surface area contributed by atoms with Crippen molar-refractivity contribution in [3.8, 4) is 0 Å². The number of fused-ring (bicyclic) bond motifs is 1. The van der Waals surface area contributed by atoms with Crippen LogP contribution >= 0.6 is 0 Å². The molecule has 0 aliphatic carbocycles. The van der Waals surface area contributed by atoms with Gasteiger partial charge >= 0.3 is 6.03 Å². The van der Waals surface area contributed by atoms with Gasteiger partial charge in [0.1, 0.15) is 0 Å². The first-order valence-corrected chi connectivity index (χ1v) is 11.8. The molecule has 3 aliphatic rings. The van der Waals surface area contributed by atoms with E-state index in [1.807, 2.05) is 17.0 Å². The van der Waals surface area contributed by atoms with E-state index in [4.69, 9.17) is 9.26 Å². The number of benzene rings is 1. The van der Waals surface area contributed by atoms with Crippen molar-refractivity contribution in [2.45, 2.75) is 38.3 Å². The van der Waals surface area contributed by atoms with Crippen LogP contribution in [0, 0.1) is 5.92 Å². The van der Waals surface area contributed by atoms with E-state index < -0.39 is 18.5 Å². The number of rotatable bonds is 6. The molecule has 11 heteroatoms. The van der Waals surface area contributed by atoms with Gasteiger partial charge in [-0.2, -0.15) is 0 Å². The summed E-state index contributed by atoms with van der Waals surface area (Å²) in [7, 11) is 0. The second-order valence-electron chi connectivity index (χ2n) is 9.28. The lowest BCUT2D eigenvalue weighted by Gasteiger charge is -2.42. The molecule has 0 radical (unpaired) electrons. The van der Waals surface area contributed by atoms with E-state index in [2.05, 4.69) is 15.4 Å². The highest BCUT2D eigenvalue weighted by Crippen LogP contribution is 2.29. The Morgan fingerprint density at radius 2 is 1.97 bits per heavy atom. The smallest absolute Gasteiger partial charge is 0.329 e. The van der Waals surface area contributed by atoms with Crippen LogP contribution in [0.1, 0.15) is 24.8 Å². The fourth-order valence-corrected chi connectivity index (χ4v) is 5.07. The number of hydrogen-bond donors (Lipinski definition) is 1. The summed E-state index contributed by atoms with van der Waals surface area (Å²) in [6.45, 7) is 4.47. The summed E-state index contributed by atoms with van der Waals surface area (Å²) in [6, 6.07) is 4.23. The number of anilines is 1. The number of carbonyl (C=O) groups excluding carboxylic acids is 2. The molecule has 0 bridgehead atoms. The van der Waals surface area contributed by atoms with E-state index >= 15 is 0 Å². The Labute approximate surface area is 195 Å². The monoisotopic (exact) mass is 477 g/mol. The number of hydrogen-bond acceptors (Lipinski definition) is 7. The molecule has 3 fully saturated rings. The summed E-state index contributed by atoms with van der Waals surface area (Å²) in [5, 5.41) is 6.98. The number of urea groups is 1. The molecule has 1 aromatic heterocycles. The maximum atomic E-state index is 13.9. The molecule has 3 amide bonds. The standard InChI is InChI=1S/C23H29F2N5O4/c24-21(25)18-14-28(7-8-29(18)13-15-4-9-33-10-5-15)12-16-1-2-19-17(11-16)22(27-34-19)30-6-3-20(31)26-23(30)32/h1-2,11,15,18,21H,3-10,12-14H2,(H,26,31,32)/t18-/m1/s1. The second-order valence-corrected chi connectivity index (χ2v) is 9.28. The molecule has 1 atom stereocenters. The van der Waals surface area contributed by atoms with Crippen LogP contribution in [0.2, 0.25) is 0 Å². The summed E-state index contributed by atoms with van der Waals surface area (Å²) in [5.41, 5.74) is 1.45. The van der Waals surface area contributed by atoms with E-state index in [1.54, 1.807) is 6.07 Å². The first-order valence-electron chi connectivity index (χ1n) is 11.8. The summed E-state index contributed by atoms with van der Waals surface area (Å²) in [5.74, 6) is 0.450. The quantitative estimate of drug-likeness (QED) is 0.684. The van der Waals surface area contributed by atoms with Crippen LogP contribution in [0.4, 0.5) is 19.4 Å². The minimum Gasteiger partial charge on any atom is -0.381 e. The lowest BCUT2D eigenvalue weighted by atomic mass is 9.98. The molecule has 2 aromatic rings. The summed E-state index contributed by atoms with van der Waals surface area (Å²) in [6.07, 6.45) is -0.358. The average molecular weight is 478 g/mol. The molecule has 9 nitrogen and oxygen atoms in total. The Bertz CT molecular complexity index is 1040. The average Bonchev–Trinajstić information content (AvgIpc) is 3.24. The number of nitrogens with zero attached hydrogens (tertiary/aromatic N) is 4. The first-order chi connectivity index (χ1) is 16.5. The van der Waals surface area contributed by atoms with E-state index in [9.17, 15) is 18.4 Å². The van der Waals surface area contributed by atoms with E-state index in [0.717, 1.165) is 18.4 Å². The van der Waals surface area contributed by atoms with Crippen LogP contribution in [0.15, 0.2) is 22.7 Å². The number of piperazine rings is 1. The molecule has 1 N–H and O–H groups in total. The zero-order valence-corrected chi connectivity index (χ0v) is 18.9. The molecule has 0 unspecified atom stereocenters. The van der Waals surface area contributed by atoms with Crippen molar-refractivity contribution in [3.63, 3.8) is 0 Å². The SMILES string of the molecule is O=C1CCN(c2noc3ccc(CN4CCN(CC5CCOCC5)[C@@H](C(F)F)C4)cc23)C(=O)N1. The van der Waals surface area contributed by atoms with Crippen LogP contribution in [0.5, 0.6) is 0 Å². The number of halogens is 2. The van der Waals surface area contributed by atoms with Crippen LogP contribution < -0.4 is 10.2 Å². The molecule has 34 heavy (non-hydrogen) atoms. The number of ether oxygens (including phenoxy) is 1. The van der Waals surface area contributed by atoms with Gasteiger partial charge in [0.2, 0.25) is 5.91 Å². The van der Waals surface area contributed by atoms with Crippen LogP contribution in [-0.2, 0) is 16.1 Å². The molecule has 5 rings (SSSR count). The molecule has 1 aromatic carbocycles. The topological polar surface area (TPSA) is 91.2 Å². The van der Waals surface area contributed by atoms with Gasteiger partial charge in [-0.05, 0) is 36.5 Å². The Balaban J connectivity index is 1.27. The molecular formula is C23H29F2N5O4. The number of nitrogens with one attached hydrogen (secondary N) is 1. The van der Waals surface area contributed by atoms with Crippen molar-refractivity contribution in [2.75, 3.05) is 50.8 Å². The van der Waals surface area contributed by atoms with Gasteiger partial charge in [-0.3, -0.25) is 24.8 Å². The number of alkyl halides is 2. The molecule has 4 heterocycles. The minimum absolute atomic E-state index is 0.187. The fraction of sp³-hybridized carbons (Fsp3) is 0.609. The van der Waals surface area contributed by atoms with Gasteiger partial charge in [0.25, 0.3) is 6.43 Å². The highest BCUT2D eigenvalue weighted by atomic mass is 19.3. The maximum Gasteiger partial charge on any atom is 0.329 e. The summed E-state index contributed by atoms with van der Waals surface area (Å²) >= 11 is 0. The van der Waals surface area contributed by atoms with Crippen molar-refractivity contribution in [1.29, 1.82) is 0 Å². The normalized spacial score (nSPS) is 23.7. The van der Waals surface area contributed by atoms with Crippen LogP contribution in [0.25, 0.3) is 11.0 Å². The summed E-state index contributed by atoms with van der Waals surface area (Å²) in [4.78, 5) is 29.1. The van der Waals surface area contributed by atoms with Crippen molar-refractivity contribution < 1.29 is 27.6 Å². The highest BCUT2D eigenvalue weighted by molar-refractivity contribution is 6.08. The number of carbonyl (C=O) groups is 2. The third kappa shape index (κ3) is 4.91. The minimum atomic E-state index is -2.41. The van der Waals surface area contributed by atoms with Gasteiger partial charge in [0.15, 0.2) is 11.4 Å². The third-order valence-corrected chi connectivity index (χ3v) is 6.97. The van der Waals surface area contributed by atoms with Gasteiger partial charge in [-0.1, -0.05) is 11.2 Å². The lowest BCUT2D eigenvalue weighted by molar-refractivity contribution is -0.120. The fourth-order valence-electron chi connectivity index (χ4n) is 5.07. The molecular weight excluding hydrogens is 448 g/mol. The largest absolute Gasteiger partial charge is 0.381 e. The molecule has 3 aliphatic heterocycles. The number of imide groups is 1. The number of aromatic nitrogens is 1. The predicted molar refractivity (Wildman–Crippen MR) is 120 cm³/mol. The van der Waals surface area contributed by atoms with Crippen molar-refractivity contribution >= 4 is 28.7 Å². The Morgan fingerprint density at radius 3 is 2.74 bits per heavy atom. The van der Waals surface area contributed by atoms with Gasteiger partial charge in [-0.15, -0.1) is 0 Å². The Morgan fingerprint density at radius 1 is 1.15 bits per heavy atom. The van der Waals surface area contributed by atoms with Gasteiger partial charge in [-0.25, -0.2) is 13.6 Å². The van der Waals surface area contributed by atoms with E-state index in [1.165, 1.54) is 4.90 Å². The Kier molecular flexibility index (Phi) is 6.75. The molecule has 184 valence electrons. The van der Waals surface area contributed by atoms with Crippen molar-refractivity contribution in [2.24, 2.45) is 5.92 Å². The third-order valence-electron chi connectivity index (χ3n) is 6.97. The van der Waals surface area contributed by atoms with Crippen molar-refractivity contribution in [3.05, 3.63) is 23.8 Å². The Hall–Kier alpha value is -2.63. The zero-order chi connectivity index (χ0) is 23.7. The maximum absolute atomic E-state index is 13.9. The molecule has 3 saturated heterocycles. The van der Waals surface area contributed by atoms with E-state index in [0.29, 0.717) is 68.6 Å². The lowest BCUT2D eigenvalue weighted by Crippen LogP contribution is -2.56.